The smallest absolute Gasteiger partial charge is 0.124 e. The van der Waals surface area contributed by atoms with E-state index in [-0.39, 0.29) is 19.0 Å². The van der Waals surface area contributed by atoms with Crippen molar-refractivity contribution in [2.75, 3.05) is 23.4 Å². The maximum Gasteiger partial charge on any atom is 0.124 e. The van der Waals surface area contributed by atoms with Gasteiger partial charge in [0, 0.05) is 12.1 Å². The summed E-state index contributed by atoms with van der Waals surface area (Å²) in [5.74, 6) is 3.53. The Morgan fingerprint density at radius 2 is 2.24 bits per heavy atom. The minimum absolute atomic E-state index is 0. The number of rotatable bonds is 4. The van der Waals surface area contributed by atoms with Gasteiger partial charge in [0.2, 0.25) is 0 Å². The molecule has 0 atom stereocenters. The standard InChI is InChI=1S/C11H19N3OS.ClH/c1-9-8-11(14(13-9)4-5-15)12-10-2-6-16-7-3-10;/h8,10,12,15H,2-7H2,1H3;1H. The normalized spacial score (nSPS) is 16.6. The molecule has 2 heterocycles. The van der Waals surface area contributed by atoms with Gasteiger partial charge in [-0.15, -0.1) is 12.4 Å². The lowest BCUT2D eigenvalue weighted by atomic mass is 10.1. The van der Waals surface area contributed by atoms with Gasteiger partial charge in [0.1, 0.15) is 5.82 Å². The molecule has 6 heteroatoms. The van der Waals surface area contributed by atoms with Gasteiger partial charge >= 0.3 is 0 Å². The average Bonchev–Trinajstić information content (AvgIpc) is 2.61. The molecule has 1 aromatic heterocycles. The molecular formula is C11H20ClN3OS. The van der Waals surface area contributed by atoms with Crippen molar-refractivity contribution in [3.63, 3.8) is 0 Å². The number of hydrogen-bond donors (Lipinski definition) is 2. The molecule has 0 spiro atoms. The number of aromatic nitrogens is 2. The summed E-state index contributed by atoms with van der Waals surface area (Å²) in [4.78, 5) is 0. The van der Waals surface area contributed by atoms with E-state index < -0.39 is 0 Å². The SMILES string of the molecule is Cc1cc(NC2CCSCC2)n(CCO)n1.Cl. The highest BCUT2D eigenvalue weighted by molar-refractivity contribution is 7.99. The topological polar surface area (TPSA) is 50.1 Å². The number of anilines is 1. The fraction of sp³-hybridized carbons (Fsp3) is 0.727. The van der Waals surface area contributed by atoms with E-state index in [2.05, 4.69) is 16.5 Å². The van der Waals surface area contributed by atoms with Crippen LogP contribution in [0.1, 0.15) is 18.5 Å². The highest BCUT2D eigenvalue weighted by atomic mass is 35.5. The Hall–Kier alpha value is -0.390. The van der Waals surface area contributed by atoms with Gasteiger partial charge in [-0.3, -0.25) is 0 Å². The molecule has 4 nitrogen and oxygen atoms in total. The molecule has 0 radical (unpaired) electrons. The molecule has 0 aliphatic carbocycles. The second kappa shape index (κ2) is 7.13. The lowest BCUT2D eigenvalue weighted by Crippen LogP contribution is -2.26. The summed E-state index contributed by atoms with van der Waals surface area (Å²) in [5.41, 5.74) is 1.00. The first-order valence-electron chi connectivity index (χ1n) is 5.79. The second-order valence-electron chi connectivity index (χ2n) is 4.15. The molecule has 17 heavy (non-hydrogen) atoms. The first-order valence-corrected chi connectivity index (χ1v) is 6.94. The average molecular weight is 278 g/mol. The molecule has 0 aromatic carbocycles. The third-order valence-corrected chi connectivity index (χ3v) is 3.84. The number of nitrogens with one attached hydrogen (secondary N) is 1. The van der Waals surface area contributed by atoms with Gasteiger partial charge in [0.15, 0.2) is 0 Å². The van der Waals surface area contributed by atoms with Crippen LogP contribution in [0.4, 0.5) is 5.82 Å². The third-order valence-electron chi connectivity index (χ3n) is 2.79. The van der Waals surface area contributed by atoms with E-state index in [0.29, 0.717) is 12.6 Å². The van der Waals surface area contributed by atoms with Crippen LogP contribution in [-0.4, -0.2) is 39.0 Å². The number of nitrogens with zero attached hydrogens (tertiary/aromatic N) is 2. The number of hydrogen-bond acceptors (Lipinski definition) is 4. The monoisotopic (exact) mass is 277 g/mol. The highest BCUT2D eigenvalue weighted by Crippen LogP contribution is 2.21. The summed E-state index contributed by atoms with van der Waals surface area (Å²) in [6.45, 7) is 2.68. The summed E-state index contributed by atoms with van der Waals surface area (Å²) < 4.78 is 1.86. The van der Waals surface area contributed by atoms with Crippen LogP contribution in [-0.2, 0) is 6.54 Å². The van der Waals surface area contributed by atoms with Gasteiger partial charge in [0.05, 0.1) is 18.8 Å². The molecule has 1 aromatic rings. The summed E-state index contributed by atoms with van der Waals surface area (Å²) in [5, 5.41) is 16.9. The number of aliphatic hydroxyl groups is 1. The van der Waals surface area contributed by atoms with Crippen LogP contribution >= 0.6 is 24.2 Å². The Bertz CT molecular complexity index is 339. The van der Waals surface area contributed by atoms with Crippen molar-refractivity contribution in [1.29, 1.82) is 0 Å². The van der Waals surface area contributed by atoms with E-state index in [1.165, 1.54) is 24.3 Å². The minimum Gasteiger partial charge on any atom is -0.394 e. The molecule has 2 N–H and O–H groups in total. The zero-order valence-electron chi connectivity index (χ0n) is 10.1. The lowest BCUT2D eigenvalue weighted by molar-refractivity contribution is 0.270. The van der Waals surface area contributed by atoms with E-state index in [4.69, 9.17) is 5.11 Å². The molecule has 0 amide bonds. The van der Waals surface area contributed by atoms with Gasteiger partial charge in [0.25, 0.3) is 0 Å². The lowest BCUT2D eigenvalue weighted by Gasteiger charge is -2.23. The second-order valence-corrected chi connectivity index (χ2v) is 5.37. The summed E-state index contributed by atoms with van der Waals surface area (Å²) in [6, 6.07) is 2.62. The van der Waals surface area contributed by atoms with Gasteiger partial charge in [-0.2, -0.15) is 16.9 Å². The molecule has 98 valence electrons. The molecule has 2 rings (SSSR count). The predicted octanol–water partition coefficient (Wildman–Crippen LogP) is 1.91. The van der Waals surface area contributed by atoms with Crippen molar-refractivity contribution >= 4 is 30.0 Å². The van der Waals surface area contributed by atoms with Crippen molar-refractivity contribution in [3.8, 4) is 0 Å². The maximum atomic E-state index is 8.97. The molecule has 1 aliphatic heterocycles. The predicted molar refractivity (Wildman–Crippen MR) is 75.3 cm³/mol. The number of aliphatic hydroxyl groups excluding tert-OH is 1. The third kappa shape index (κ3) is 4.08. The van der Waals surface area contributed by atoms with Crippen LogP contribution in [0.5, 0.6) is 0 Å². The van der Waals surface area contributed by atoms with Crippen molar-refractivity contribution < 1.29 is 5.11 Å². The summed E-state index contributed by atoms with van der Waals surface area (Å²) >= 11 is 2.03. The molecular weight excluding hydrogens is 258 g/mol. The molecule has 1 fully saturated rings. The first kappa shape index (κ1) is 14.7. The van der Waals surface area contributed by atoms with Crippen molar-refractivity contribution in [3.05, 3.63) is 11.8 Å². The number of thioether (sulfide) groups is 1. The largest absolute Gasteiger partial charge is 0.394 e. The highest BCUT2D eigenvalue weighted by Gasteiger charge is 2.15. The van der Waals surface area contributed by atoms with Crippen molar-refractivity contribution in [1.82, 2.24) is 9.78 Å². The van der Waals surface area contributed by atoms with Crippen LogP contribution in [0.15, 0.2) is 6.07 Å². The molecule has 0 bridgehead atoms. The van der Waals surface area contributed by atoms with Crippen LogP contribution in [0.3, 0.4) is 0 Å². The van der Waals surface area contributed by atoms with Crippen molar-refractivity contribution in [2.24, 2.45) is 0 Å². The Balaban J connectivity index is 0.00000144. The fourth-order valence-electron chi connectivity index (χ4n) is 1.98. The van der Waals surface area contributed by atoms with Crippen LogP contribution < -0.4 is 5.32 Å². The zero-order chi connectivity index (χ0) is 11.4. The van der Waals surface area contributed by atoms with Crippen LogP contribution in [0, 0.1) is 6.92 Å². The van der Waals surface area contributed by atoms with Gasteiger partial charge in [-0.05, 0) is 31.3 Å². The van der Waals surface area contributed by atoms with E-state index >= 15 is 0 Å². The molecule has 0 saturated carbocycles. The summed E-state index contributed by atoms with van der Waals surface area (Å²) in [7, 11) is 0. The number of aryl methyl sites for hydroxylation is 1. The van der Waals surface area contributed by atoms with E-state index in [1.807, 2.05) is 23.4 Å². The summed E-state index contributed by atoms with van der Waals surface area (Å²) in [6.07, 6.45) is 2.43. The molecule has 1 saturated heterocycles. The molecule has 1 aliphatic rings. The van der Waals surface area contributed by atoms with Crippen LogP contribution in [0.25, 0.3) is 0 Å². The quantitative estimate of drug-likeness (QED) is 0.883. The van der Waals surface area contributed by atoms with Crippen molar-refractivity contribution in [2.45, 2.75) is 32.4 Å². The van der Waals surface area contributed by atoms with Gasteiger partial charge < -0.3 is 10.4 Å². The Morgan fingerprint density at radius 3 is 2.88 bits per heavy atom. The zero-order valence-corrected chi connectivity index (χ0v) is 11.7. The van der Waals surface area contributed by atoms with E-state index in [1.54, 1.807) is 0 Å². The Kier molecular flexibility index (Phi) is 6.16. The first-order chi connectivity index (χ1) is 7.79. The fourth-order valence-corrected chi connectivity index (χ4v) is 3.08. The van der Waals surface area contributed by atoms with Gasteiger partial charge in [-0.25, -0.2) is 4.68 Å². The maximum absolute atomic E-state index is 8.97. The van der Waals surface area contributed by atoms with E-state index in [0.717, 1.165) is 11.5 Å². The Labute approximate surface area is 113 Å². The van der Waals surface area contributed by atoms with Crippen LogP contribution in [0.2, 0.25) is 0 Å². The van der Waals surface area contributed by atoms with E-state index in [9.17, 15) is 0 Å². The Morgan fingerprint density at radius 1 is 1.53 bits per heavy atom. The van der Waals surface area contributed by atoms with Gasteiger partial charge in [-0.1, -0.05) is 0 Å². The number of halogens is 1. The minimum atomic E-state index is 0. The molecule has 0 unspecified atom stereocenters.